The van der Waals surface area contributed by atoms with Gasteiger partial charge in [0, 0.05) is 25.0 Å². The number of likely N-dealkylation sites (tertiary alicyclic amines) is 1. The Bertz CT molecular complexity index is 411. The van der Waals surface area contributed by atoms with Crippen molar-refractivity contribution >= 4 is 11.9 Å². The van der Waals surface area contributed by atoms with Gasteiger partial charge in [0.25, 0.3) is 0 Å². The Morgan fingerprint density at radius 3 is 2.95 bits per heavy atom. The largest absolute Gasteiger partial charge is 0.329 e. The normalized spacial score (nSPS) is 24.1. The minimum Gasteiger partial charge on any atom is -0.329 e. The highest BCUT2D eigenvalue weighted by atomic mass is 16.2. The molecular formula is C13H21N5O. The molecule has 6 nitrogen and oxygen atoms in total. The second-order valence-electron chi connectivity index (χ2n) is 5.11. The predicted molar refractivity (Wildman–Crippen MR) is 73.5 cm³/mol. The summed E-state index contributed by atoms with van der Waals surface area (Å²) in [6.07, 6.45) is 5.39. The van der Waals surface area contributed by atoms with E-state index in [0.717, 1.165) is 19.4 Å². The van der Waals surface area contributed by atoms with Crippen molar-refractivity contribution in [3.63, 3.8) is 0 Å². The zero-order chi connectivity index (χ0) is 13.7. The van der Waals surface area contributed by atoms with E-state index in [2.05, 4.69) is 27.1 Å². The Balaban J connectivity index is 1.87. The van der Waals surface area contributed by atoms with Gasteiger partial charge in [-0.3, -0.25) is 15.0 Å². The average molecular weight is 263 g/mol. The molecule has 0 saturated carbocycles. The van der Waals surface area contributed by atoms with Crippen molar-refractivity contribution in [2.75, 3.05) is 25.0 Å². The van der Waals surface area contributed by atoms with Gasteiger partial charge in [0.2, 0.25) is 11.9 Å². The summed E-state index contributed by atoms with van der Waals surface area (Å²) in [5.74, 6) is 0.951. The molecule has 2 unspecified atom stereocenters. The Labute approximate surface area is 113 Å². The van der Waals surface area contributed by atoms with E-state index in [-0.39, 0.29) is 5.91 Å². The molecule has 1 saturated heterocycles. The highest BCUT2D eigenvalue weighted by Crippen LogP contribution is 2.21. The number of hydrogen-bond donors (Lipinski definition) is 2. The fourth-order valence-electron chi connectivity index (χ4n) is 2.47. The van der Waals surface area contributed by atoms with Gasteiger partial charge in [0.05, 0.1) is 6.54 Å². The van der Waals surface area contributed by atoms with Crippen LogP contribution in [0, 0.1) is 5.92 Å². The Kier molecular flexibility index (Phi) is 4.81. The zero-order valence-corrected chi connectivity index (χ0v) is 11.2. The summed E-state index contributed by atoms with van der Waals surface area (Å²) in [5.41, 5.74) is 5.79. The van der Waals surface area contributed by atoms with Crippen LogP contribution >= 0.6 is 0 Å². The lowest BCUT2D eigenvalue weighted by Crippen LogP contribution is -2.49. The number of nitrogens with one attached hydrogen (secondary N) is 1. The molecule has 6 heteroatoms. The summed E-state index contributed by atoms with van der Waals surface area (Å²) in [4.78, 5) is 22.1. The quantitative estimate of drug-likeness (QED) is 0.825. The molecule has 1 aromatic heterocycles. The van der Waals surface area contributed by atoms with Gasteiger partial charge in [-0.2, -0.15) is 0 Å². The lowest BCUT2D eigenvalue weighted by Gasteiger charge is -2.37. The summed E-state index contributed by atoms with van der Waals surface area (Å²) in [5, 5.41) is 2.70. The van der Waals surface area contributed by atoms with Crippen LogP contribution in [-0.2, 0) is 4.79 Å². The van der Waals surface area contributed by atoms with E-state index in [1.54, 1.807) is 18.5 Å². The minimum atomic E-state index is -0.0841. The molecule has 2 rings (SSSR count). The molecule has 1 amide bonds. The Morgan fingerprint density at radius 2 is 2.26 bits per heavy atom. The van der Waals surface area contributed by atoms with Crippen LogP contribution in [0.5, 0.6) is 0 Å². The molecule has 19 heavy (non-hydrogen) atoms. The number of carbonyl (C=O) groups is 1. The van der Waals surface area contributed by atoms with Crippen molar-refractivity contribution in [2.45, 2.75) is 25.8 Å². The van der Waals surface area contributed by atoms with Crippen LogP contribution in [0.15, 0.2) is 18.5 Å². The minimum absolute atomic E-state index is 0.0841. The number of rotatable bonds is 4. The van der Waals surface area contributed by atoms with Crippen molar-refractivity contribution in [3.8, 4) is 0 Å². The first-order chi connectivity index (χ1) is 9.19. The van der Waals surface area contributed by atoms with Crippen LogP contribution < -0.4 is 11.1 Å². The highest BCUT2D eigenvalue weighted by molar-refractivity contribution is 5.90. The van der Waals surface area contributed by atoms with Crippen LogP contribution in [-0.4, -0.2) is 46.5 Å². The molecule has 2 heterocycles. The van der Waals surface area contributed by atoms with Gasteiger partial charge < -0.3 is 5.73 Å². The van der Waals surface area contributed by atoms with Gasteiger partial charge in [-0.15, -0.1) is 0 Å². The lowest BCUT2D eigenvalue weighted by molar-refractivity contribution is -0.118. The van der Waals surface area contributed by atoms with Gasteiger partial charge in [0.15, 0.2) is 0 Å². The van der Waals surface area contributed by atoms with Gasteiger partial charge in [0.1, 0.15) is 0 Å². The van der Waals surface area contributed by atoms with Crippen molar-refractivity contribution in [3.05, 3.63) is 18.5 Å². The fourth-order valence-corrected chi connectivity index (χ4v) is 2.47. The number of amides is 1. The van der Waals surface area contributed by atoms with E-state index in [1.165, 1.54) is 0 Å². The van der Waals surface area contributed by atoms with Gasteiger partial charge in [-0.1, -0.05) is 6.92 Å². The predicted octanol–water partition coefficient (Wildman–Crippen LogP) is 0.474. The summed E-state index contributed by atoms with van der Waals surface area (Å²) < 4.78 is 0. The number of carbonyl (C=O) groups excluding carboxylic acids is 1. The molecule has 104 valence electrons. The monoisotopic (exact) mass is 263 g/mol. The standard InChI is InChI=1S/C13H21N5O/c1-10-3-6-18(11(7-10)8-14)9-12(19)17-13-15-4-2-5-16-13/h2,4-5,10-11H,3,6-9,14H2,1H3,(H,15,16,17,19). The van der Waals surface area contributed by atoms with E-state index in [4.69, 9.17) is 5.73 Å². The molecule has 0 spiro atoms. The summed E-state index contributed by atoms with van der Waals surface area (Å²) in [6, 6.07) is 2.01. The first-order valence-electron chi connectivity index (χ1n) is 6.70. The third-order valence-electron chi connectivity index (χ3n) is 3.54. The molecule has 1 aliphatic rings. The fraction of sp³-hybridized carbons (Fsp3) is 0.615. The molecule has 3 N–H and O–H groups in total. The SMILES string of the molecule is CC1CCN(CC(=O)Nc2ncccn2)C(CN)C1. The van der Waals surface area contributed by atoms with E-state index >= 15 is 0 Å². The smallest absolute Gasteiger partial charge is 0.240 e. The molecule has 0 bridgehead atoms. The topological polar surface area (TPSA) is 84.1 Å². The Morgan fingerprint density at radius 1 is 1.53 bits per heavy atom. The van der Waals surface area contributed by atoms with Gasteiger partial charge in [-0.05, 0) is 31.4 Å². The summed E-state index contributed by atoms with van der Waals surface area (Å²) in [6.45, 7) is 4.11. The van der Waals surface area contributed by atoms with Crippen LogP contribution in [0.3, 0.4) is 0 Å². The average Bonchev–Trinajstić information content (AvgIpc) is 2.42. The van der Waals surface area contributed by atoms with Crippen molar-refractivity contribution in [2.24, 2.45) is 11.7 Å². The molecule has 0 aliphatic carbocycles. The van der Waals surface area contributed by atoms with Crippen LogP contribution in [0.25, 0.3) is 0 Å². The maximum atomic E-state index is 12.0. The first kappa shape index (κ1) is 13.9. The molecule has 0 radical (unpaired) electrons. The molecule has 1 aliphatic heterocycles. The van der Waals surface area contributed by atoms with Crippen molar-refractivity contribution in [1.82, 2.24) is 14.9 Å². The molecule has 1 aromatic rings. The molecule has 0 aromatic carbocycles. The van der Waals surface area contributed by atoms with Gasteiger partial charge >= 0.3 is 0 Å². The van der Waals surface area contributed by atoms with Crippen LogP contribution in [0.1, 0.15) is 19.8 Å². The van der Waals surface area contributed by atoms with Crippen molar-refractivity contribution in [1.29, 1.82) is 0 Å². The van der Waals surface area contributed by atoms with Crippen LogP contribution in [0.4, 0.5) is 5.95 Å². The summed E-state index contributed by atoms with van der Waals surface area (Å²) in [7, 11) is 0. The molecule has 1 fully saturated rings. The Hall–Kier alpha value is -1.53. The van der Waals surface area contributed by atoms with Crippen LogP contribution in [0.2, 0.25) is 0 Å². The van der Waals surface area contributed by atoms with E-state index in [9.17, 15) is 4.79 Å². The second-order valence-corrected chi connectivity index (χ2v) is 5.11. The number of nitrogens with zero attached hydrogens (tertiary/aromatic N) is 3. The summed E-state index contributed by atoms with van der Waals surface area (Å²) >= 11 is 0. The maximum absolute atomic E-state index is 12.0. The van der Waals surface area contributed by atoms with Crippen molar-refractivity contribution < 1.29 is 4.79 Å². The van der Waals surface area contributed by atoms with Gasteiger partial charge in [-0.25, -0.2) is 9.97 Å². The zero-order valence-electron chi connectivity index (χ0n) is 11.2. The lowest BCUT2D eigenvalue weighted by atomic mass is 9.92. The molecule has 2 atom stereocenters. The number of piperidine rings is 1. The third-order valence-corrected chi connectivity index (χ3v) is 3.54. The molecular weight excluding hydrogens is 242 g/mol. The van der Waals surface area contributed by atoms with E-state index in [0.29, 0.717) is 31.0 Å². The number of anilines is 1. The first-order valence-corrected chi connectivity index (χ1v) is 6.70. The van der Waals surface area contributed by atoms with E-state index < -0.39 is 0 Å². The number of nitrogens with two attached hydrogens (primary N) is 1. The third kappa shape index (κ3) is 3.97. The maximum Gasteiger partial charge on any atom is 0.240 e. The van der Waals surface area contributed by atoms with E-state index in [1.807, 2.05) is 0 Å². The number of aromatic nitrogens is 2. The number of hydrogen-bond acceptors (Lipinski definition) is 5. The highest BCUT2D eigenvalue weighted by Gasteiger charge is 2.26. The second kappa shape index (κ2) is 6.58.